The van der Waals surface area contributed by atoms with Gasteiger partial charge in [0.1, 0.15) is 22.8 Å². The molecule has 0 spiro atoms. The Hall–Kier alpha value is -1.35. The van der Waals surface area contributed by atoms with Crippen LogP contribution in [-0.4, -0.2) is 5.11 Å². The van der Waals surface area contributed by atoms with Crippen LogP contribution in [0.15, 0.2) is 28.7 Å². The Morgan fingerprint density at radius 3 is 2.71 bits per heavy atom. The molecule has 2 rings (SSSR count). The van der Waals surface area contributed by atoms with Gasteiger partial charge in [-0.2, -0.15) is 0 Å². The Labute approximate surface area is 100 Å². The first-order valence-corrected chi connectivity index (χ1v) is 5.80. The molecule has 0 aliphatic heterocycles. The standard InChI is InChI=1S/C14H17FO2/c1-9(2)8-14(3,16)13-7-10-6-11(15)4-5-12(10)17-13/h4-7,9,16H,8H2,1-3H3. The molecule has 1 aromatic carbocycles. The van der Waals surface area contributed by atoms with Crippen molar-refractivity contribution in [1.29, 1.82) is 0 Å². The van der Waals surface area contributed by atoms with Crippen molar-refractivity contribution in [3.63, 3.8) is 0 Å². The van der Waals surface area contributed by atoms with Crippen molar-refractivity contribution < 1.29 is 13.9 Å². The SMILES string of the molecule is CC(C)CC(C)(O)c1cc2cc(F)ccc2o1. The van der Waals surface area contributed by atoms with Crippen LogP contribution in [0.3, 0.4) is 0 Å². The summed E-state index contributed by atoms with van der Waals surface area (Å²) in [6.45, 7) is 5.80. The van der Waals surface area contributed by atoms with Gasteiger partial charge >= 0.3 is 0 Å². The summed E-state index contributed by atoms with van der Waals surface area (Å²) in [5.74, 6) is 0.551. The van der Waals surface area contributed by atoms with Crippen LogP contribution in [-0.2, 0) is 5.60 Å². The van der Waals surface area contributed by atoms with Crippen LogP contribution in [0.25, 0.3) is 11.0 Å². The average molecular weight is 236 g/mol. The molecule has 0 saturated carbocycles. The third-order valence-electron chi connectivity index (χ3n) is 2.81. The third-order valence-corrected chi connectivity index (χ3v) is 2.81. The van der Waals surface area contributed by atoms with Gasteiger partial charge in [0, 0.05) is 5.39 Å². The van der Waals surface area contributed by atoms with Crippen LogP contribution in [0.5, 0.6) is 0 Å². The van der Waals surface area contributed by atoms with Gasteiger partial charge in [-0.25, -0.2) is 4.39 Å². The number of halogens is 1. The highest BCUT2D eigenvalue weighted by Crippen LogP contribution is 2.32. The highest BCUT2D eigenvalue weighted by Gasteiger charge is 2.28. The summed E-state index contributed by atoms with van der Waals surface area (Å²) < 4.78 is 18.6. The maximum absolute atomic E-state index is 13.0. The normalized spacial score (nSPS) is 15.4. The van der Waals surface area contributed by atoms with Crippen molar-refractivity contribution in [2.75, 3.05) is 0 Å². The Kier molecular flexibility index (Phi) is 2.96. The van der Waals surface area contributed by atoms with E-state index in [1.54, 1.807) is 19.1 Å². The van der Waals surface area contributed by atoms with Gasteiger partial charge in [-0.1, -0.05) is 13.8 Å². The van der Waals surface area contributed by atoms with Crippen LogP contribution in [0.4, 0.5) is 4.39 Å². The first-order valence-electron chi connectivity index (χ1n) is 5.80. The lowest BCUT2D eigenvalue weighted by Crippen LogP contribution is -2.22. The van der Waals surface area contributed by atoms with Gasteiger partial charge in [0.05, 0.1) is 0 Å². The zero-order chi connectivity index (χ0) is 12.6. The summed E-state index contributed by atoms with van der Waals surface area (Å²) in [4.78, 5) is 0. The van der Waals surface area contributed by atoms with E-state index in [1.807, 2.05) is 13.8 Å². The van der Waals surface area contributed by atoms with E-state index in [1.165, 1.54) is 12.1 Å². The minimum atomic E-state index is -1.01. The fourth-order valence-corrected chi connectivity index (χ4v) is 2.18. The quantitative estimate of drug-likeness (QED) is 0.878. The predicted octanol–water partition coefficient (Wildman–Crippen LogP) is 3.83. The summed E-state index contributed by atoms with van der Waals surface area (Å²) in [5.41, 5.74) is -0.408. The second-order valence-corrected chi connectivity index (χ2v) is 5.16. The van der Waals surface area contributed by atoms with Crippen molar-refractivity contribution >= 4 is 11.0 Å². The van der Waals surface area contributed by atoms with Crippen molar-refractivity contribution in [3.8, 4) is 0 Å². The number of benzene rings is 1. The van der Waals surface area contributed by atoms with Gasteiger partial charge in [-0.15, -0.1) is 0 Å². The molecule has 2 aromatic rings. The Balaban J connectivity index is 2.42. The Bertz CT molecular complexity index is 526. The van der Waals surface area contributed by atoms with E-state index in [9.17, 15) is 9.50 Å². The molecule has 0 aliphatic rings. The molecule has 1 unspecified atom stereocenters. The van der Waals surface area contributed by atoms with Crippen molar-refractivity contribution in [2.45, 2.75) is 32.8 Å². The van der Waals surface area contributed by atoms with E-state index >= 15 is 0 Å². The molecule has 2 nitrogen and oxygen atoms in total. The molecule has 0 radical (unpaired) electrons. The minimum Gasteiger partial charge on any atom is -0.458 e. The zero-order valence-corrected chi connectivity index (χ0v) is 10.3. The molecule has 1 atom stereocenters. The summed E-state index contributed by atoms with van der Waals surface area (Å²) in [6.07, 6.45) is 0.606. The lowest BCUT2D eigenvalue weighted by molar-refractivity contribution is 0.0150. The smallest absolute Gasteiger partial charge is 0.136 e. The second-order valence-electron chi connectivity index (χ2n) is 5.16. The number of hydrogen-bond donors (Lipinski definition) is 1. The van der Waals surface area contributed by atoms with E-state index in [2.05, 4.69) is 0 Å². The molecule has 0 bridgehead atoms. The van der Waals surface area contributed by atoms with E-state index < -0.39 is 5.60 Å². The second kappa shape index (κ2) is 4.15. The van der Waals surface area contributed by atoms with Crippen LogP contribution in [0.2, 0.25) is 0 Å². The van der Waals surface area contributed by atoms with E-state index in [0.717, 1.165) is 0 Å². The first-order chi connectivity index (χ1) is 7.88. The molecule has 0 fully saturated rings. The van der Waals surface area contributed by atoms with Gasteiger partial charge in [0.2, 0.25) is 0 Å². The number of rotatable bonds is 3. The van der Waals surface area contributed by atoms with Gasteiger partial charge in [0.15, 0.2) is 0 Å². The fraction of sp³-hybridized carbons (Fsp3) is 0.429. The van der Waals surface area contributed by atoms with Crippen LogP contribution in [0.1, 0.15) is 33.0 Å². The summed E-state index contributed by atoms with van der Waals surface area (Å²) >= 11 is 0. The molecule has 17 heavy (non-hydrogen) atoms. The summed E-state index contributed by atoms with van der Waals surface area (Å²) in [7, 11) is 0. The maximum Gasteiger partial charge on any atom is 0.136 e. The first kappa shape index (κ1) is 12.1. The van der Waals surface area contributed by atoms with Gasteiger partial charge < -0.3 is 9.52 Å². The zero-order valence-electron chi connectivity index (χ0n) is 10.3. The van der Waals surface area contributed by atoms with E-state index in [-0.39, 0.29) is 5.82 Å². The predicted molar refractivity (Wildman–Crippen MR) is 65.2 cm³/mol. The molecular formula is C14H17FO2. The van der Waals surface area contributed by atoms with Crippen LogP contribution < -0.4 is 0 Å². The van der Waals surface area contributed by atoms with E-state index in [0.29, 0.717) is 29.1 Å². The van der Waals surface area contributed by atoms with Crippen LogP contribution >= 0.6 is 0 Å². The molecule has 0 saturated heterocycles. The fourth-order valence-electron chi connectivity index (χ4n) is 2.18. The third kappa shape index (κ3) is 2.50. The number of fused-ring (bicyclic) bond motifs is 1. The molecule has 1 aromatic heterocycles. The van der Waals surface area contributed by atoms with Gasteiger partial charge in [0.25, 0.3) is 0 Å². The molecule has 92 valence electrons. The summed E-state index contributed by atoms with van der Waals surface area (Å²) in [5, 5.41) is 11.0. The molecule has 0 amide bonds. The number of hydrogen-bond acceptors (Lipinski definition) is 2. The van der Waals surface area contributed by atoms with Crippen molar-refractivity contribution in [3.05, 3.63) is 35.8 Å². The highest BCUT2D eigenvalue weighted by molar-refractivity contribution is 5.78. The van der Waals surface area contributed by atoms with Gasteiger partial charge in [-0.05, 0) is 43.5 Å². The Morgan fingerprint density at radius 1 is 1.35 bits per heavy atom. The lowest BCUT2D eigenvalue weighted by Gasteiger charge is -2.22. The van der Waals surface area contributed by atoms with Crippen molar-refractivity contribution in [2.24, 2.45) is 5.92 Å². The molecule has 1 heterocycles. The average Bonchev–Trinajstić information content (AvgIpc) is 2.58. The minimum absolute atomic E-state index is 0.298. The van der Waals surface area contributed by atoms with E-state index in [4.69, 9.17) is 4.42 Å². The monoisotopic (exact) mass is 236 g/mol. The number of furan rings is 1. The molecule has 3 heteroatoms. The van der Waals surface area contributed by atoms with Crippen molar-refractivity contribution in [1.82, 2.24) is 0 Å². The molecule has 0 aliphatic carbocycles. The largest absolute Gasteiger partial charge is 0.458 e. The van der Waals surface area contributed by atoms with Crippen LogP contribution in [0, 0.1) is 11.7 Å². The van der Waals surface area contributed by atoms with Gasteiger partial charge in [-0.3, -0.25) is 0 Å². The number of aliphatic hydroxyl groups is 1. The highest BCUT2D eigenvalue weighted by atomic mass is 19.1. The maximum atomic E-state index is 13.0. The summed E-state index contributed by atoms with van der Waals surface area (Å²) in [6, 6.07) is 6.06. The Morgan fingerprint density at radius 2 is 2.06 bits per heavy atom. The topological polar surface area (TPSA) is 33.4 Å². The molecule has 1 N–H and O–H groups in total. The lowest BCUT2D eigenvalue weighted by atomic mass is 9.92. The molecular weight excluding hydrogens is 219 g/mol.